The van der Waals surface area contributed by atoms with Crippen molar-refractivity contribution in [3.05, 3.63) is 101 Å². The Morgan fingerprint density at radius 3 is 2.36 bits per heavy atom. The molecule has 7 nitrogen and oxygen atoms in total. The number of hydrogen-bond acceptors (Lipinski definition) is 4. The average molecular weight is 485 g/mol. The number of carbonyl (C=O) groups excluding carboxylic acids is 1. The summed E-state index contributed by atoms with van der Waals surface area (Å²) in [6, 6.07) is 21.9. The van der Waals surface area contributed by atoms with E-state index in [4.69, 9.17) is 0 Å². The number of piperidine rings is 1. The van der Waals surface area contributed by atoms with Crippen LogP contribution in [-0.4, -0.2) is 48.7 Å². The van der Waals surface area contributed by atoms with E-state index in [0.717, 1.165) is 11.1 Å². The molecule has 1 atom stereocenters. The highest BCUT2D eigenvalue weighted by molar-refractivity contribution is 5.77. The summed E-state index contributed by atoms with van der Waals surface area (Å²) in [6.45, 7) is 3.83. The van der Waals surface area contributed by atoms with E-state index >= 15 is 0 Å². The molecule has 1 aliphatic rings. The molecule has 1 saturated heterocycles. The zero-order valence-electron chi connectivity index (χ0n) is 20.6. The lowest BCUT2D eigenvalue weighted by molar-refractivity contribution is -0.136. The summed E-state index contributed by atoms with van der Waals surface area (Å²) in [4.78, 5) is 32.4. The van der Waals surface area contributed by atoms with Crippen molar-refractivity contribution < 1.29 is 9.90 Å². The standard InChI is InChI=1S/C29H32N4O3/c1-22(24-10-6-3-7-11-24)18-26(34)31-16-13-29(36,14-17-31)20-33-21-30-27-25(28(33)35)12-15-32(27)19-23-8-4-2-5-9-23/h2-12,15,21-22,36H,13-14,16-20H2,1H3/t22-/m1/s1. The van der Waals surface area contributed by atoms with Crippen LogP contribution in [-0.2, 0) is 17.9 Å². The molecule has 0 saturated carbocycles. The number of likely N-dealkylation sites (tertiary alicyclic amines) is 1. The molecule has 7 heteroatoms. The third-order valence-corrected chi connectivity index (χ3v) is 7.30. The first-order chi connectivity index (χ1) is 17.4. The smallest absolute Gasteiger partial charge is 0.262 e. The van der Waals surface area contributed by atoms with Gasteiger partial charge in [0.2, 0.25) is 5.91 Å². The van der Waals surface area contributed by atoms with Gasteiger partial charge in [0.25, 0.3) is 5.56 Å². The minimum absolute atomic E-state index is 0.105. The van der Waals surface area contributed by atoms with Crippen molar-refractivity contribution in [1.82, 2.24) is 19.0 Å². The number of benzene rings is 2. The van der Waals surface area contributed by atoms with Crippen LogP contribution in [0.2, 0.25) is 0 Å². The summed E-state index contributed by atoms with van der Waals surface area (Å²) in [5, 5.41) is 11.8. The number of amides is 1. The molecule has 1 N–H and O–H groups in total. The van der Waals surface area contributed by atoms with Crippen LogP contribution in [0.25, 0.3) is 11.0 Å². The Labute approximate surface area is 210 Å². The highest BCUT2D eigenvalue weighted by Crippen LogP contribution is 2.26. The van der Waals surface area contributed by atoms with E-state index in [0.29, 0.717) is 49.9 Å². The SMILES string of the molecule is C[C@H](CC(=O)N1CCC(O)(Cn2cnc3c(ccn3Cc3ccccc3)c2=O)CC1)c1ccccc1. The molecule has 36 heavy (non-hydrogen) atoms. The van der Waals surface area contributed by atoms with Gasteiger partial charge < -0.3 is 14.6 Å². The van der Waals surface area contributed by atoms with Crippen LogP contribution in [0.1, 0.15) is 43.2 Å². The first kappa shape index (κ1) is 24.0. The third-order valence-electron chi connectivity index (χ3n) is 7.30. The Morgan fingerprint density at radius 2 is 1.67 bits per heavy atom. The average Bonchev–Trinajstić information content (AvgIpc) is 3.30. The minimum Gasteiger partial charge on any atom is -0.388 e. The Bertz CT molecular complexity index is 1390. The molecule has 2 aromatic carbocycles. The molecule has 3 heterocycles. The quantitative estimate of drug-likeness (QED) is 0.433. The number of carbonyl (C=O) groups is 1. The Hall–Kier alpha value is -3.71. The fraction of sp³-hybridized carbons (Fsp3) is 0.345. The van der Waals surface area contributed by atoms with Crippen molar-refractivity contribution in [3.8, 4) is 0 Å². The van der Waals surface area contributed by atoms with Gasteiger partial charge in [0.1, 0.15) is 12.0 Å². The van der Waals surface area contributed by atoms with Gasteiger partial charge in [-0.05, 0) is 36.0 Å². The molecule has 0 bridgehead atoms. The molecular formula is C29H32N4O3. The number of aromatic nitrogens is 3. The maximum Gasteiger partial charge on any atom is 0.262 e. The number of aliphatic hydroxyl groups is 1. The number of fused-ring (bicyclic) bond motifs is 1. The zero-order chi connectivity index (χ0) is 25.1. The molecule has 4 aromatic rings. The molecule has 0 spiro atoms. The Morgan fingerprint density at radius 1 is 1.00 bits per heavy atom. The second kappa shape index (κ2) is 10.1. The minimum atomic E-state index is -1.05. The molecule has 2 aromatic heterocycles. The maximum absolute atomic E-state index is 13.2. The Kier molecular flexibility index (Phi) is 6.74. The van der Waals surface area contributed by atoms with Gasteiger partial charge in [-0.2, -0.15) is 0 Å². The van der Waals surface area contributed by atoms with E-state index < -0.39 is 5.60 Å². The number of rotatable bonds is 7. The molecule has 1 amide bonds. The fourth-order valence-corrected chi connectivity index (χ4v) is 5.06. The van der Waals surface area contributed by atoms with Gasteiger partial charge in [-0.25, -0.2) is 4.98 Å². The van der Waals surface area contributed by atoms with E-state index in [1.165, 1.54) is 10.9 Å². The molecule has 1 aliphatic heterocycles. The summed E-state index contributed by atoms with van der Waals surface area (Å²) >= 11 is 0. The van der Waals surface area contributed by atoms with Gasteiger partial charge in [-0.1, -0.05) is 67.6 Å². The second-order valence-corrected chi connectivity index (χ2v) is 9.97. The number of hydrogen-bond donors (Lipinski definition) is 1. The van der Waals surface area contributed by atoms with Gasteiger partial charge in [-0.15, -0.1) is 0 Å². The highest BCUT2D eigenvalue weighted by atomic mass is 16.3. The van der Waals surface area contributed by atoms with E-state index in [1.807, 2.05) is 76.3 Å². The molecule has 5 rings (SSSR count). The molecule has 0 radical (unpaired) electrons. The third kappa shape index (κ3) is 5.11. The van der Waals surface area contributed by atoms with E-state index in [2.05, 4.69) is 11.9 Å². The molecule has 186 valence electrons. The molecule has 1 fully saturated rings. The van der Waals surface area contributed by atoms with Gasteiger partial charge in [0.15, 0.2) is 0 Å². The van der Waals surface area contributed by atoms with Crippen LogP contribution in [0, 0.1) is 0 Å². The van der Waals surface area contributed by atoms with Crippen LogP contribution in [0.4, 0.5) is 0 Å². The van der Waals surface area contributed by atoms with Gasteiger partial charge in [-0.3, -0.25) is 14.2 Å². The predicted molar refractivity (Wildman–Crippen MR) is 140 cm³/mol. The normalized spacial score (nSPS) is 16.2. The lowest BCUT2D eigenvalue weighted by atomic mass is 9.90. The lowest BCUT2D eigenvalue weighted by Gasteiger charge is -2.38. The maximum atomic E-state index is 13.2. The van der Waals surface area contributed by atoms with Crippen LogP contribution in [0.15, 0.2) is 84.0 Å². The second-order valence-electron chi connectivity index (χ2n) is 9.97. The van der Waals surface area contributed by atoms with Crippen molar-refractivity contribution in [1.29, 1.82) is 0 Å². The lowest BCUT2D eigenvalue weighted by Crippen LogP contribution is -2.49. The molecule has 0 aliphatic carbocycles. The van der Waals surface area contributed by atoms with Crippen LogP contribution in [0.3, 0.4) is 0 Å². The van der Waals surface area contributed by atoms with Crippen molar-refractivity contribution in [2.75, 3.05) is 13.1 Å². The van der Waals surface area contributed by atoms with Gasteiger partial charge >= 0.3 is 0 Å². The first-order valence-corrected chi connectivity index (χ1v) is 12.6. The van der Waals surface area contributed by atoms with Crippen molar-refractivity contribution >= 4 is 16.9 Å². The zero-order valence-corrected chi connectivity index (χ0v) is 20.6. The van der Waals surface area contributed by atoms with E-state index in [1.54, 1.807) is 6.07 Å². The van der Waals surface area contributed by atoms with Crippen molar-refractivity contribution in [2.24, 2.45) is 0 Å². The topological polar surface area (TPSA) is 80.4 Å². The summed E-state index contributed by atoms with van der Waals surface area (Å²) in [7, 11) is 0. The first-order valence-electron chi connectivity index (χ1n) is 12.6. The van der Waals surface area contributed by atoms with Gasteiger partial charge in [0, 0.05) is 32.3 Å². The summed E-state index contributed by atoms with van der Waals surface area (Å²) in [5.74, 6) is 0.249. The monoisotopic (exact) mass is 484 g/mol. The van der Waals surface area contributed by atoms with Crippen molar-refractivity contribution in [3.63, 3.8) is 0 Å². The Balaban J connectivity index is 1.22. The van der Waals surface area contributed by atoms with Crippen molar-refractivity contribution in [2.45, 2.75) is 50.8 Å². The van der Waals surface area contributed by atoms with E-state index in [9.17, 15) is 14.7 Å². The van der Waals surface area contributed by atoms with Crippen LogP contribution < -0.4 is 5.56 Å². The van der Waals surface area contributed by atoms with Crippen LogP contribution >= 0.6 is 0 Å². The predicted octanol–water partition coefficient (Wildman–Crippen LogP) is 3.79. The summed E-state index contributed by atoms with van der Waals surface area (Å²) in [6.07, 6.45) is 4.72. The largest absolute Gasteiger partial charge is 0.388 e. The fourth-order valence-electron chi connectivity index (χ4n) is 5.06. The summed E-state index contributed by atoms with van der Waals surface area (Å²) in [5.41, 5.74) is 1.72. The van der Waals surface area contributed by atoms with Crippen LogP contribution in [0.5, 0.6) is 0 Å². The van der Waals surface area contributed by atoms with Gasteiger partial charge in [0.05, 0.1) is 17.5 Å². The number of nitrogens with zero attached hydrogens (tertiary/aromatic N) is 4. The highest BCUT2D eigenvalue weighted by Gasteiger charge is 2.35. The summed E-state index contributed by atoms with van der Waals surface area (Å²) < 4.78 is 3.47. The van der Waals surface area contributed by atoms with E-state index in [-0.39, 0.29) is 23.9 Å². The molecular weight excluding hydrogens is 452 g/mol. The molecule has 0 unspecified atom stereocenters.